The Morgan fingerprint density at radius 2 is 1.90 bits per heavy atom. The van der Waals surface area contributed by atoms with Crippen molar-refractivity contribution in [3.05, 3.63) is 0 Å². The third-order valence-corrected chi connectivity index (χ3v) is 1.34. The van der Waals surface area contributed by atoms with Crippen molar-refractivity contribution < 1.29 is 8.78 Å². The van der Waals surface area contributed by atoms with Crippen molar-refractivity contribution >= 4 is 5.84 Å². The van der Waals surface area contributed by atoms with Gasteiger partial charge in [0.05, 0.1) is 5.41 Å². The molecule has 60 valence electrons. The molecule has 0 aliphatic carbocycles. The molecule has 0 atom stereocenters. The molecule has 0 aliphatic rings. The number of hydrogen-bond donors (Lipinski definition) is 2. The van der Waals surface area contributed by atoms with Crippen LogP contribution in [0.2, 0.25) is 0 Å². The van der Waals surface area contributed by atoms with Crippen molar-refractivity contribution in [2.24, 2.45) is 22.1 Å². The molecular weight excluding hydrogens is 140 g/mol. The Hall–Kier alpha value is -0.870. The summed E-state index contributed by atoms with van der Waals surface area (Å²) in [7, 11) is 0. The standard InChI is InChI=1S/C5H11F2N3/c1-5(2,3(6)7)4(8)10-9/h3H,9H2,1-2H3,(H2,8,10). The molecule has 0 heterocycles. The van der Waals surface area contributed by atoms with Crippen LogP contribution in [0.3, 0.4) is 0 Å². The molecule has 0 rings (SSSR count). The van der Waals surface area contributed by atoms with E-state index in [0.29, 0.717) is 0 Å². The molecule has 0 aromatic carbocycles. The molecule has 0 unspecified atom stereocenters. The SMILES string of the molecule is CC(C)(/C(N)=N/N)C(F)F. The maximum atomic E-state index is 12.0. The highest BCUT2D eigenvalue weighted by Gasteiger charge is 2.33. The Labute approximate surface area is 58.1 Å². The van der Waals surface area contributed by atoms with E-state index in [-0.39, 0.29) is 5.84 Å². The van der Waals surface area contributed by atoms with E-state index in [1.165, 1.54) is 13.8 Å². The summed E-state index contributed by atoms with van der Waals surface area (Å²) in [5.41, 5.74) is 3.67. The van der Waals surface area contributed by atoms with Crippen molar-refractivity contribution in [2.75, 3.05) is 0 Å². The third kappa shape index (κ3) is 1.55. The van der Waals surface area contributed by atoms with Gasteiger partial charge in [0.2, 0.25) is 0 Å². The second-order valence-corrected chi connectivity index (χ2v) is 2.54. The molecule has 10 heavy (non-hydrogen) atoms. The van der Waals surface area contributed by atoms with Crippen molar-refractivity contribution in [1.29, 1.82) is 0 Å². The van der Waals surface area contributed by atoms with Crippen LogP contribution >= 0.6 is 0 Å². The van der Waals surface area contributed by atoms with Gasteiger partial charge in [0.1, 0.15) is 5.84 Å². The zero-order chi connectivity index (χ0) is 8.36. The van der Waals surface area contributed by atoms with E-state index in [2.05, 4.69) is 5.10 Å². The molecule has 0 amide bonds. The van der Waals surface area contributed by atoms with Crippen LogP contribution in [0.5, 0.6) is 0 Å². The van der Waals surface area contributed by atoms with Crippen LogP contribution in [0, 0.1) is 5.41 Å². The minimum absolute atomic E-state index is 0.234. The highest BCUT2D eigenvalue weighted by atomic mass is 19.3. The third-order valence-electron chi connectivity index (χ3n) is 1.34. The van der Waals surface area contributed by atoms with Crippen molar-refractivity contribution in [1.82, 2.24) is 0 Å². The lowest BCUT2D eigenvalue weighted by Gasteiger charge is -2.21. The van der Waals surface area contributed by atoms with Crippen LogP contribution in [0.15, 0.2) is 5.10 Å². The molecule has 4 N–H and O–H groups in total. The smallest absolute Gasteiger partial charge is 0.250 e. The number of halogens is 2. The number of alkyl halides is 2. The van der Waals surface area contributed by atoms with Gasteiger partial charge in [-0.05, 0) is 13.8 Å². The Kier molecular flexibility index (Phi) is 2.56. The summed E-state index contributed by atoms with van der Waals surface area (Å²) >= 11 is 0. The Bertz CT molecular complexity index is 142. The summed E-state index contributed by atoms with van der Waals surface area (Å²) in [5, 5.41) is 3.00. The molecule has 0 aliphatic heterocycles. The van der Waals surface area contributed by atoms with Gasteiger partial charge in [0, 0.05) is 0 Å². The van der Waals surface area contributed by atoms with E-state index in [1.54, 1.807) is 0 Å². The summed E-state index contributed by atoms with van der Waals surface area (Å²) in [6.45, 7) is 2.56. The second kappa shape index (κ2) is 2.81. The molecule has 0 saturated carbocycles. The van der Waals surface area contributed by atoms with Crippen LogP contribution in [0.25, 0.3) is 0 Å². The summed E-state index contributed by atoms with van der Waals surface area (Å²) in [4.78, 5) is 0. The molecular formula is C5H11F2N3. The minimum atomic E-state index is -2.54. The average Bonchev–Trinajstić information content (AvgIpc) is 1.86. The van der Waals surface area contributed by atoms with E-state index in [1.807, 2.05) is 0 Å². The predicted octanol–water partition coefficient (Wildman–Crippen LogP) is 0.509. The number of hydrazone groups is 1. The van der Waals surface area contributed by atoms with E-state index in [4.69, 9.17) is 11.6 Å². The maximum Gasteiger partial charge on any atom is 0.250 e. The number of nitrogens with two attached hydrogens (primary N) is 2. The second-order valence-electron chi connectivity index (χ2n) is 2.54. The quantitative estimate of drug-likeness (QED) is 0.261. The van der Waals surface area contributed by atoms with Crippen LogP contribution in [0.4, 0.5) is 8.78 Å². The molecule has 3 nitrogen and oxygen atoms in total. The lowest BCUT2D eigenvalue weighted by Crippen LogP contribution is -2.38. The largest absolute Gasteiger partial charge is 0.385 e. The fourth-order valence-corrected chi connectivity index (χ4v) is 0.278. The van der Waals surface area contributed by atoms with Crippen LogP contribution in [0.1, 0.15) is 13.8 Å². The number of rotatable bonds is 2. The fourth-order valence-electron chi connectivity index (χ4n) is 0.278. The molecule has 0 spiro atoms. The first-order valence-corrected chi connectivity index (χ1v) is 2.75. The molecule has 0 aromatic heterocycles. The summed E-state index contributed by atoms with van der Waals surface area (Å²) < 4.78 is 24.1. The molecule has 0 bridgehead atoms. The van der Waals surface area contributed by atoms with Gasteiger partial charge < -0.3 is 11.6 Å². The van der Waals surface area contributed by atoms with Crippen LogP contribution < -0.4 is 11.6 Å². The fraction of sp³-hybridized carbons (Fsp3) is 0.800. The molecule has 0 saturated heterocycles. The molecule has 0 aromatic rings. The molecule has 0 fully saturated rings. The van der Waals surface area contributed by atoms with Gasteiger partial charge in [-0.2, -0.15) is 5.10 Å². The van der Waals surface area contributed by atoms with Crippen molar-refractivity contribution in [2.45, 2.75) is 20.3 Å². The van der Waals surface area contributed by atoms with Gasteiger partial charge in [-0.25, -0.2) is 8.78 Å². The maximum absolute atomic E-state index is 12.0. The van der Waals surface area contributed by atoms with Gasteiger partial charge in [0.25, 0.3) is 6.43 Å². The highest BCUT2D eigenvalue weighted by molar-refractivity contribution is 5.85. The van der Waals surface area contributed by atoms with Crippen molar-refractivity contribution in [3.63, 3.8) is 0 Å². The summed E-state index contributed by atoms with van der Waals surface area (Å²) in [6.07, 6.45) is -2.54. The first kappa shape index (κ1) is 9.13. The summed E-state index contributed by atoms with van der Waals surface area (Å²) in [6, 6.07) is 0. The normalized spacial score (nSPS) is 14.3. The monoisotopic (exact) mass is 151 g/mol. The Morgan fingerprint density at radius 1 is 1.50 bits per heavy atom. The van der Waals surface area contributed by atoms with Gasteiger partial charge in [-0.3, -0.25) is 0 Å². The molecule has 0 radical (unpaired) electrons. The zero-order valence-electron chi connectivity index (χ0n) is 5.94. The predicted molar refractivity (Wildman–Crippen MR) is 35.6 cm³/mol. The van der Waals surface area contributed by atoms with Crippen LogP contribution in [-0.2, 0) is 0 Å². The lowest BCUT2D eigenvalue weighted by atomic mass is 9.93. The van der Waals surface area contributed by atoms with E-state index in [0.717, 1.165) is 0 Å². The lowest BCUT2D eigenvalue weighted by molar-refractivity contribution is 0.0622. The topological polar surface area (TPSA) is 64.4 Å². The van der Waals surface area contributed by atoms with E-state index >= 15 is 0 Å². The number of nitrogens with zero attached hydrogens (tertiary/aromatic N) is 1. The Morgan fingerprint density at radius 3 is 2.00 bits per heavy atom. The number of amidine groups is 1. The highest BCUT2D eigenvalue weighted by Crippen LogP contribution is 2.24. The minimum Gasteiger partial charge on any atom is -0.385 e. The summed E-state index contributed by atoms with van der Waals surface area (Å²) in [5.74, 6) is 4.49. The van der Waals surface area contributed by atoms with Gasteiger partial charge in [-0.1, -0.05) is 0 Å². The van der Waals surface area contributed by atoms with Crippen LogP contribution in [-0.4, -0.2) is 12.3 Å². The van der Waals surface area contributed by atoms with Gasteiger partial charge >= 0.3 is 0 Å². The van der Waals surface area contributed by atoms with E-state index < -0.39 is 11.8 Å². The Balaban J connectivity index is 4.40. The van der Waals surface area contributed by atoms with Gasteiger partial charge in [-0.15, -0.1) is 0 Å². The first-order chi connectivity index (χ1) is 4.42. The zero-order valence-corrected chi connectivity index (χ0v) is 5.94. The van der Waals surface area contributed by atoms with E-state index in [9.17, 15) is 8.78 Å². The van der Waals surface area contributed by atoms with Gasteiger partial charge in [0.15, 0.2) is 0 Å². The number of hydrogen-bond acceptors (Lipinski definition) is 2. The first-order valence-electron chi connectivity index (χ1n) is 2.75. The average molecular weight is 151 g/mol. The van der Waals surface area contributed by atoms with Crippen molar-refractivity contribution in [3.8, 4) is 0 Å². The molecule has 5 heteroatoms.